The zero-order valence-electron chi connectivity index (χ0n) is 18.0. The van der Waals surface area contributed by atoms with Gasteiger partial charge in [0.25, 0.3) is 5.91 Å². The Morgan fingerprint density at radius 1 is 1.20 bits per heavy atom. The molecule has 2 saturated heterocycles. The number of carbonyl (C=O) groups excluding carboxylic acids is 1. The maximum atomic E-state index is 13.5. The van der Waals surface area contributed by atoms with E-state index in [2.05, 4.69) is 10.4 Å². The van der Waals surface area contributed by atoms with Crippen molar-refractivity contribution >= 4 is 46.2 Å². The highest BCUT2D eigenvalue weighted by molar-refractivity contribution is 8.05. The number of hydrogen-bond acceptors (Lipinski definition) is 6. The highest BCUT2D eigenvalue weighted by Gasteiger charge is 2.43. The molecule has 0 spiro atoms. The van der Waals surface area contributed by atoms with Crippen molar-refractivity contribution in [1.29, 1.82) is 0 Å². The summed E-state index contributed by atoms with van der Waals surface area (Å²) in [6.45, 7) is 0.655. The predicted molar refractivity (Wildman–Crippen MR) is 126 cm³/mol. The zero-order chi connectivity index (χ0) is 24.9. The van der Waals surface area contributed by atoms with Gasteiger partial charge in [-0.05, 0) is 41.5 Å². The lowest BCUT2D eigenvalue weighted by atomic mass is 10.1. The van der Waals surface area contributed by atoms with Gasteiger partial charge in [-0.15, -0.1) is 0 Å². The molecule has 3 heterocycles. The van der Waals surface area contributed by atoms with Gasteiger partial charge in [0.1, 0.15) is 0 Å². The summed E-state index contributed by atoms with van der Waals surface area (Å²) >= 11 is 6.77. The Bertz CT molecular complexity index is 1330. The normalized spacial score (nSPS) is 24.3. The smallest absolute Gasteiger partial charge is 0.390 e. The van der Waals surface area contributed by atoms with Gasteiger partial charge < -0.3 is 15.5 Å². The molecule has 0 aliphatic carbocycles. The molecule has 0 radical (unpaired) electrons. The van der Waals surface area contributed by atoms with E-state index >= 15 is 0 Å². The van der Waals surface area contributed by atoms with E-state index in [0.717, 1.165) is 17.8 Å². The third-order valence-corrected chi connectivity index (χ3v) is 7.30. The van der Waals surface area contributed by atoms with E-state index in [0.29, 0.717) is 34.5 Å². The fourth-order valence-corrected chi connectivity index (χ4v) is 5.55. The Hall–Kier alpha value is -2.57. The van der Waals surface area contributed by atoms with Crippen molar-refractivity contribution in [2.24, 2.45) is 0 Å². The molecule has 2 aliphatic rings. The minimum absolute atomic E-state index is 0.00537. The number of carbonyl (C=O) groups is 1. The molecule has 7 nitrogen and oxygen atoms in total. The van der Waals surface area contributed by atoms with Crippen LogP contribution in [0.25, 0.3) is 17.0 Å². The third-order valence-electron chi connectivity index (χ3n) is 6.09. The summed E-state index contributed by atoms with van der Waals surface area (Å²) < 4.78 is 41.9. The van der Waals surface area contributed by atoms with Gasteiger partial charge in [0.2, 0.25) is 0 Å². The SMILES string of the molecule is O=C1C(=Cc2ccc3c(cnn3Cc3ccc(Cl)cc3C(F)(F)F)c2)SC(O)N1C1CNCC1O. The third kappa shape index (κ3) is 4.66. The van der Waals surface area contributed by atoms with E-state index < -0.39 is 29.4 Å². The molecule has 3 atom stereocenters. The monoisotopic (exact) mass is 524 g/mol. The molecule has 184 valence electrons. The number of amides is 1. The molecule has 3 N–H and O–H groups in total. The minimum atomic E-state index is -4.54. The van der Waals surface area contributed by atoms with Gasteiger partial charge in [-0.25, -0.2) is 0 Å². The number of aliphatic hydroxyl groups excluding tert-OH is 2. The van der Waals surface area contributed by atoms with Gasteiger partial charge in [0, 0.05) is 23.5 Å². The van der Waals surface area contributed by atoms with Crippen LogP contribution >= 0.6 is 23.4 Å². The first-order chi connectivity index (χ1) is 16.6. The molecule has 2 aromatic carbocycles. The van der Waals surface area contributed by atoms with Crippen LogP contribution < -0.4 is 5.32 Å². The maximum Gasteiger partial charge on any atom is 0.416 e. The van der Waals surface area contributed by atoms with E-state index in [1.807, 2.05) is 0 Å². The molecule has 3 unspecified atom stereocenters. The number of thioether (sulfide) groups is 1. The Balaban J connectivity index is 1.40. The number of benzene rings is 2. The second-order valence-electron chi connectivity index (χ2n) is 8.38. The van der Waals surface area contributed by atoms with Gasteiger partial charge in [-0.1, -0.05) is 35.5 Å². The van der Waals surface area contributed by atoms with Gasteiger partial charge >= 0.3 is 6.18 Å². The van der Waals surface area contributed by atoms with Crippen LogP contribution in [0.15, 0.2) is 47.5 Å². The fourth-order valence-electron chi connectivity index (χ4n) is 4.38. The van der Waals surface area contributed by atoms with Crippen molar-refractivity contribution in [3.63, 3.8) is 0 Å². The van der Waals surface area contributed by atoms with E-state index in [1.165, 1.54) is 21.7 Å². The van der Waals surface area contributed by atoms with Gasteiger partial charge in [-0.3, -0.25) is 14.4 Å². The Morgan fingerprint density at radius 3 is 2.71 bits per heavy atom. The number of alkyl halides is 3. The lowest BCUT2D eigenvalue weighted by Gasteiger charge is -2.27. The number of β-amino-alcohol motifs (C(OH)–C–C–N with tert-alkyl or cyclic N) is 1. The fraction of sp³-hybridized carbons (Fsp3) is 0.304. The van der Waals surface area contributed by atoms with Crippen molar-refractivity contribution in [2.45, 2.75) is 30.4 Å². The van der Waals surface area contributed by atoms with E-state index in [1.54, 1.807) is 30.5 Å². The van der Waals surface area contributed by atoms with E-state index in [9.17, 15) is 28.2 Å². The summed E-state index contributed by atoms with van der Waals surface area (Å²) in [5.74, 6) is -0.367. The molecule has 12 heteroatoms. The Labute approximate surface area is 207 Å². The lowest BCUT2D eigenvalue weighted by Crippen LogP contribution is -2.47. The molecule has 3 aromatic rings. The first-order valence-electron chi connectivity index (χ1n) is 10.7. The average molecular weight is 525 g/mol. The number of hydrogen-bond donors (Lipinski definition) is 3. The molecule has 2 fully saturated rings. The summed E-state index contributed by atoms with van der Waals surface area (Å²) in [7, 11) is 0. The summed E-state index contributed by atoms with van der Waals surface area (Å²) in [6, 6.07) is 8.38. The number of nitrogens with one attached hydrogen (secondary N) is 1. The topological polar surface area (TPSA) is 90.6 Å². The van der Waals surface area contributed by atoms with Crippen molar-refractivity contribution in [2.75, 3.05) is 13.1 Å². The van der Waals surface area contributed by atoms with Crippen LogP contribution in [0.3, 0.4) is 0 Å². The second kappa shape index (κ2) is 9.14. The van der Waals surface area contributed by atoms with Crippen LogP contribution in [-0.2, 0) is 17.5 Å². The Kier molecular flexibility index (Phi) is 6.30. The minimum Gasteiger partial charge on any atom is -0.390 e. The molecule has 1 amide bonds. The standard InChI is InChI=1S/C23H20ClF3N4O3S/c24-15-3-2-13(16(7-15)23(25,26)27)11-30-17-4-1-12(5-14(17)8-29-30)6-20-21(33)31(22(34)35-20)18-9-28-10-19(18)32/h1-8,18-19,22,28,32,34H,9-11H2. The van der Waals surface area contributed by atoms with E-state index in [4.69, 9.17) is 11.6 Å². The number of rotatable bonds is 4. The van der Waals surface area contributed by atoms with Crippen LogP contribution in [-0.4, -0.2) is 61.6 Å². The largest absolute Gasteiger partial charge is 0.416 e. The summed E-state index contributed by atoms with van der Waals surface area (Å²) in [5, 5.41) is 28.4. The van der Waals surface area contributed by atoms with Crippen LogP contribution in [0.1, 0.15) is 16.7 Å². The number of nitrogens with zero attached hydrogens (tertiary/aromatic N) is 3. The lowest BCUT2D eigenvalue weighted by molar-refractivity contribution is -0.138. The first kappa shape index (κ1) is 24.1. The highest BCUT2D eigenvalue weighted by atomic mass is 35.5. The molecular weight excluding hydrogens is 505 g/mol. The molecule has 0 saturated carbocycles. The number of aromatic nitrogens is 2. The predicted octanol–water partition coefficient (Wildman–Crippen LogP) is 3.28. The van der Waals surface area contributed by atoms with Gasteiger partial charge in [0.05, 0.1) is 40.9 Å². The summed E-state index contributed by atoms with van der Waals surface area (Å²) in [5.41, 5.74) is -0.555. The summed E-state index contributed by atoms with van der Waals surface area (Å²) in [6.07, 6.45) is -2.11. The molecule has 35 heavy (non-hydrogen) atoms. The summed E-state index contributed by atoms with van der Waals surface area (Å²) in [4.78, 5) is 14.5. The highest BCUT2D eigenvalue weighted by Crippen LogP contribution is 2.38. The van der Waals surface area contributed by atoms with Crippen molar-refractivity contribution in [3.05, 3.63) is 69.2 Å². The van der Waals surface area contributed by atoms with Gasteiger partial charge in [0.15, 0.2) is 5.56 Å². The van der Waals surface area contributed by atoms with E-state index in [-0.39, 0.29) is 23.0 Å². The van der Waals surface area contributed by atoms with Crippen molar-refractivity contribution in [1.82, 2.24) is 20.0 Å². The number of halogens is 4. The molecule has 0 bridgehead atoms. The molecule has 2 aliphatic heterocycles. The molecular formula is C23H20ClF3N4O3S. The van der Waals surface area contributed by atoms with Crippen LogP contribution in [0.4, 0.5) is 13.2 Å². The zero-order valence-corrected chi connectivity index (χ0v) is 19.6. The quantitative estimate of drug-likeness (QED) is 0.454. The Morgan fingerprint density at radius 2 is 2.00 bits per heavy atom. The van der Waals surface area contributed by atoms with Gasteiger partial charge in [-0.2, -0.15) is 18.3 Å². The van der Waals surface area contributed by atoms with Crippen LogP contribution in [0.2, 0.25) is 5.02 Å². The van der Waals surface area contributed by atoms with Crippen LogP contribution in [0.5, 0.6) is 0 Å². The van der Waals surface area contributed by atoms with Crippen LogP contribution in [0, 0.1) is 0 Å². The first-order valence-corrected chi connectivity index (χ1v) is 12.0. The second-order valence-corrected chi connectivity index (χ2v) is 9.91. The maximum absolute atomic E-state index is 13.5. The number of aliphatic hydroxyl groups is 2. The molecule has 1 aromatic heterocycles. The number of fused-ring (bicyclic) bond motifs is 1. The van der Waals surface area contributed by atoms with Crippen molar-refractivity contribution < 1.29 is 28.2 Å². The molecule has 5 rings (SSSR count). The average Bonchev–Trinajstić information content (AvgIpc) is 3.46. The van der Waals surface area contributed by atoms with Crippen molar-refractivity contribution in [3.8, 4) is 0 Å².